The van der Waals surface area contributed by atoms with Gasteiger partial charge in [0.1, 0.15) is 0 Å². The molecule has 0 saturated carbocycles. The van der Waals surface area contributed by atoms with Gasteiger partial charge in [0.15, 0.2) is 0 Å². The van der Waals surface area contributed by atoms with E-state index in [0.29, 0.717) is 0 Å². The highest BCUT2D eigenvalue weighted by Gasteiger charge is 1.80. The van der Waals surface area contributed by atoms with Gasteiger partial charge in [-0.1, -0.05) is 40.2 Å². The van der Waals surface area contributed by atoms with Gasteiger partial charge in [-0.15, -0.1) is 0 Å². The molecule has 0 amide bonds. The topological polar surface area (TPSA) is 20.2 Å². The number of aliphatic hydroxyl groups is 1. The summed E-state index contributed by atoms with van der Waals surface area (Å²) >= 11 is 3.36. The summed E-state index contributed by atoms with van der Waals surface area (Å²) in [6.07, 6.45) is 12.7. The van der Waals surface area contributed by atoms with Crippen molar-refractivity contribution in [2.24, 2.45) is 0 Å². The minimum absolute atomic E-state index is 0.166. The van der Waals surface area contributed by atoms with Crippen LogP contribution in [0.1, 0.15) is 25.7 Å². The summed E-state index contributed by atoms with van der Waals surface area (Å²) < 4.78 is 0. The normalized spacial score (nSPS) is 11.8. The second-order valence-electron chi connectivity index (χ2n) is 2.53. The fourth-order valence-electron chi connectivity index (χ4n) is 0.845. The van der Waals surface area contributed by atoms with Gasteiger partial charge in [-0.05, 0) is 25.7 Å². The van der Waals surface area contributed by atoms with Crippen LogP contribution in [0.4, 0.5) is 0 Å². The first-order valence-corrected chi connectivity index (χ1v) is 5.50. The van der Waals surface area contributed by atoms with E-state index in [1.54, 1.807) is 6.08 Å². The Bertz CT molecular complexity index is 130. The molecule has 12 heavy (non-hydrogen) atoms. The van der Waals surface area contributed by atoms with E-state index in [9.17, 15) is 0 Å². The van der Waals surface area contributed by atoms with Crippen LogP contribution in [-0.4, -0.2) is 17.0 Å². The van der Waals surface area contributed by atoms with Crippen LogP contribution in [-0.2, 0) is 0 Å². The van der Waals surface area contributed by atoms with E-state index in [1.807, 2.05) is 6.08 Å². The number of unbranched alkanes of at least 4 members (excludes halogenated alkanes) is 2. The largest absolute Gasteiger partial charge is 0.392 e. The number of aliphatic hydroxyl groups excluding tert-OH is 1. The maximum absolute atomic E-state index is 8.43. The van der Waals surface area contributed by atoms with E-state index < -0.39 is 0 Å². The molecule has 70 valence electrons. The summed E-state index contributed by atoms with van der Waals surface area (Å²) in [5, 5.41) is 9.48. The Morgan fingerprint density at radius 3 is 2.08 bits per heavy atom. The Morgan fingerprint density at radius 1 is 0.917 bits per heavy atom. The van der Waals surface area contributed by atoms with E-state index in [1.165, 1.54) is 6.42 Å². The lowest BCUT2D eigenvalue weighted by molar-refractivity contribution is 0.342. The van der Waals surface area contributed by atoms with Gasteiger partial charge < -0.3 is 5.11 Å². The molecule has 0 aromatic heterocycles. The standard InChI is InChI=1S/C10H17BrO/c11-9-7-5-3-1-2-4-6-8-10-12/h3,5-6,8,12H,1-2,4,7,9-10H2/b5-3+,8-6+. The average Bonchev–Trinajstić information content (AvgIpc) is 2.10. The zero-order chi connectivity index (χ0) is 9.07. The third-order valence-electron chi connectivity index (χ3n) is 1.46. The summed E-state index contributed by atoms with van der Waals surface area (Å²) in [6.45, 7) is 0.166. The highest BCUT2D eigenvalue weighted by Crippen LogP contribution is 1.99. The molecule has 2 heteroatoms. The smallest absolute Gasteiger partial charge is 0.0612 e. The molecule has 0 aromatic rings. The van der Waals surface area contributed by atoms with Crippen LogP contribution in [0, 0.1) is 0 Å². The number of allylic oxidation sites excluding steroid dienone is 3. The molecule has 0 unspecified atom stereocenters. The van der Waals surface area contributed by atoms with Crippen molar-refractivity contribution in [2.75, 3.05) is 11.9 Å². The summed E-state index contributed by atoms with van der Waals surface area (Å²) in [6, 6.07) is 0. The Morgan fingerprint density at radius 2 is 1.50 bits per heavy atom. The summed E-state index contributed by atoms with van der Waals surface area (Å²) in [5.41, 5.74) is 0. The molecule has 0 heterocycles. The van der Waals surface area contributed by atoms with Gasteiger partial charge in [-0.3, -0.25) is 0 Å². The molecular formula is C10H17BrO. The molecule has 0 rings (SSSR count). The van der Waals surface area contributed by atoms with Crippen molar-refractivity contribution in [3.63, 3.8) is 0 Å². The van der Waals surface area contributed by atoms with Crippen molar-refractivity contribution in [1.82, 2.24) is 0 Å². The molecule has 0 atom stereocenters. The van der Waals surface area contributed by atoms with E-state index in [0.717, 1.165) is 24.6 Å². The molecule has 0 radical (unpaired) electrons. The van der Waals surface area contributed by atoms with E-state index in [2.05, 4.69) is 28.1 Å². The van der Waals surface area contributed by atoms with Gasteiger partial charge >= 0.3 is 0 Å². The minimum atomic E-state index is 0.166. The van der Waals surface area contributed by atoms with Crippen molar-refractivity contribution in [3.05, 3.63) is 24.3 Å². The van der Waals surface area contributed by atoms with E-state index >= 15 is 0 Å². The van der Waals surface area contributed by atoms with Gasteiger partial charge in [0.2, 0.25) is 0 Å². The zero-order valence-corrected chi connectivity index (χ0v) is 8.96. The van der Waals surface area contributed by atoms with Crippen molar-refractivity contribution in [3.8, 4) is 0 Å². The predicted octanol–water partition coefficient (Wildman–Crippen LogP) is 3.05. The first kappa shape index (κ1) is 11.9. The highest BCUT2D eigenvalue weighted by atomic mass is 79.9. The maximum Gasteiger partial charge on any atom is 0.0612 e. The van der Waals surface area contributed by atoms with Crippen molar-refractivity contribution < 1.29 is 5.11 Å². The van der Waals surface area contributed by atoms with E-state index in [-0.39, 0.29) is 6.61 Å². The van der Waals surface area contributed by atoms with Gasteiger partial charge in [-0.2, -0.15) is 0 Å². The van der Waals surface area contributed by atoms with E-state index in [4.69, 9.17) is 5.11 Å². The molecule has 0 bridgehead atoms. The third kappa shape index (κ3) is 9.92. The molecule has 1 nitrogen and oxygen atoms in total. The second-order valence-corrected chi connectivity index (χ2v) is 3.33. The van der Waals surface area contributed by atoms with Crippen LogP contribution in [0.2, 0.25) is 0 Å². The third-order valence-corrected chi connectivity index (χ3v) is 1.91. The first-order chi connectivity index (χ1) is 5.91. The average molecular weight is 233 g/mol. The molecule has 1 N–H and O–H groups in total. The fraction of sp³-hybridized carbons (Fsp3) is 0.600. The SMILES string of the molecule is OC/C=C/CCC/C=C/CCBr. The van der Waals surface area contributed by atoms with Crippen LogP contribution >= 0.6 is 15.9 Å². The molecule has 0 saturated heterocycles. The van der Waals surface area contributed by atoms with Gasteiger partial charge in [0.25, 0.3) is 0 Å². The van der Waals surface area contributed by atoms with Crippen LogP contribution in [0.3, 0.4) is 0 Å². The Balaban J connectivity index is 3.04. The lowest BCUT2D eigenvalue weighted by Gasteiger charge is -1.89. The van der Waals surface area contributed by atoms with Crippen LogP contribution < -0.4 is 0 Å². The Kier molecular flexibility index (Phi) is 10.8. The molecule has 0 fully saturated rings. The Labute approximate surface area is 83.3 Å². The van der Waals surface area contributed by atoms with Crippen molar-refractivity contribution >= 4 is 15.9 Å². The lowest BCUT2D eigenvalue weighted by atomic mass is 10.2. The van der Waals surface area contributed by atoms with Gasteiger partial charge in [-0.25, -0.2) is 0 Å². The number of alkyl halides is 1. The van der Waals surface area contributed by atoms with Crippen LogP contribution in [0.5, 0.6) is 0 Å². The van der Waals surface area contributed by atoms with Gasteiger partial charge in [0.05, 0.1) is 6.61 Å². The Hall–Kier alpha value is -0.0800. The number of halogens is 1. The number of hydrogen-bond acceptors (Lipinski definition) is 1. The monoisotopic (exact) mass is 232 g/mol. The van der Waals surface area contributed by atoms with Crippen LogP contribution in [0.15, 0.2) is 24.3 Å². The van der Waals surface area contributed by atoms with Crippen LogP contribution in [0.25, 0.3) is 0 Å². The fourth-order valence-corrected chi connectivity index (χ4v) is 1.11. The maximum atomic E-state index is 8.43. The highest BCUT2D eigenvalue weighted by molar-refractivity contribution is 9.09. The lowest BCUT2D eigenvalue weighted by Crippen LogP contribution is -1.73. The first-order valence-electron chi connectivity index (χ1n) is 4.38. The summed E-state index contributed by atoms with van der Waals surface area (Å²) in [4.78, 5) is 0. The van der Waals surface area contributed by atoms with Crippen molar-refractivity contribution in [1.29, 1.82) is 0 Å². The molecule has 0 aliphatic heterocycles. The number of hydrogen-bond donors (Lipinski definition) is 1. The molecule has 0 aliphatic carbocycles. The molecular weight excluding hydrogens is 216 g/mol. The minimum Gasteiger partial charge on any atom is -0.392 e. The quantitative estimate of drug-likeness (QED) is 0.407. The molecule has 0 spiro atoms. The second kappa shape index (κ2) is 10.9. The van der Waals surface area contributed by atoms with Gasteiger partial charge in [0, 0.05) is 5.33 Å². The zero-order valence-electron chi connectivity index (χ0n) is 7.38. The number of rotatable bonds is 7. The summed E-state index contributed by atoms with van der Waals surface area (Å²) in [7, 11) is 0. The molecule has 0 aliphatic rings. The van der Waals surface area contributed by atoms with Crippen molar-refractivity contribution in [2.45, 2.75) is 25.7 Å². The molecule has 0 aromatic carbocycles. The predicted molar refractivity (Wildman–Crippen MR) is 57.6 cm³/mol. The summed E-state index contributed by atoms with van der Waals surface area (Å²) in [5.74, 6) is 0.